The predicted octanol–water partition coefficient (Wildman–Crippen LogP) is 1.59. The third-order valence-corrected chi connectivity index (χ3v) is 2.85. The molecule has 0 aliphatic rings. The van der Waals surface area contributed by atoms with Gasteiger partial charge in [-0.1, -0.05) is 0 Å². The zero-order valence-electron chi connectivity index (χ0n) is 11.9. The van der Waals surface area contributed by atoms with E-state index in [1.807, 2.05) is 24.3 Å². The largest absolute Gasteiger partial charge is 0.383 e. The van der Waals surface area contributed by atoms with Gasteiger partial charge in [0.1, 0.15) is 0 Å². The fraction of sp³-hybridized carbons (Fsp3) is 0.267. The second-order valence-electron chi connectivity index (χ2n) is 4.39. The molecule has 110 valence electrons. The quantitative estimate of drug-likeness (QED) is 0.791. The Morgan fingerprint density at radius 3 is 2.76 bits per heavy atom. The smallest absolute Gasteiger partial charge is 0.315 e. The van der Waals surface area contributed by atoms with Crippen LogP contribution in [0.4, 0.5) is 4.79 Å². The maximum atomic E-state index is 11.5. The zero-order chi connectivity index (χ0) is 14.9. The Bertz CT molecular complexity index is 575. The van der Waals surface area contributed by atoms with E-state index in [0.29, 0.717) is 19.7 Å². The molecule has 0 aliphatic carbocycles. The number of amides is 2. The van der Waals surface area contributed by atoms with E-state index in [4.69, 9.17) is 4.74 Å². The minimum absolute atomic E-state index is 0.214. The van der Waals surface area contributed by atoms with E-state index in [9.17, 15) is 4.79 Å². The maximum Gasteiger partial charge on any atom is 0.315 e. The molecule has 2 aromatic rings. The summed E-state index contributed by atoms with van der Waals surface area (Å²) in [5.74, 6) is 0. The highest BCUT2D eigenvalue weighted by molar-refractivity contribution is 5.73. The molecule has 6 heteroatoms. The Balaban J connectivity index is 1.91. The second kappa shape index (κ2) is 7.96. The molecule has 0 saturated carbocycles. The van der Waals surface area contributed by atoms with Crippen molar-refractivity contribution in [2.75, 3.05) is 20.3 Å². The molecule has 0 aromatic carbocycles. The van der Waals surface area contributed by atoms with Crippen molar-refractivity contribution in [1.82, 2.24) is 20.6 Å². The number of urea groups is 1. The van der Waals surface area contributed by atoms with Crippen LogP contribution >= 0.6 is 0 Å². The van der Waals surface area contributed by atoms with Gasteiger partial charge in [0.05, 0.1) is 12.3 Å². The lowest BCUT2D eigenvalue weighted by Gasteiger charge is -2.08. The number of hydrogen-bond acceptors (Lipinski definition) is 4. The monoisotopic (exact) mass is 286 g/mol. The molecule has 0 saturated heterocycles. The van der Waals surface area contributed by atoms with Crippen LogP contribution in [-0.2, 0) is 11.3 Å². The number of nitrogens with one attached hydrogen (secondary N) is 2. The molecular weight excluding hydrogens is 268 g/mol. The number of ether oxygens (including phenoxy) is 1. The summed E-state index contributed by atoms with van der Waals surface area (Å²) in [6.45, 7) is 1.43. The third kappa shape index (κ3) is 4.85. The van der Waals surface area contributed by atoms with Crippen molar-refractivity contribution in [2.24, 2.45) is 0 Å². The molecule has 2 rings (SSSR count). The van der Waals surface area contributed by atoms with E-state index in [2.05, 4.69) is 20.6 Å². The molecule has 0 atom stereocenters. The van der Waals surface area contributed by atoms with Crippen LogP contribution in [0.5, 0.6) is 0 Å². The summed E-state index contributed by atoms with van der Waals surface area (Å²) < 4.78 is 4.86. The molecule has 0 radical (unpaired) electrons. The fourth-order valence-electron chi connectivity index (χ4n) is 1.78. The van der Waals surface area contributed by atoms with Gasteiger partial charge in [0, 0.05) is 44.4 Å². The molecule has 21 heavy (non-hydrogen) atoms. The van der Waals surface area contributed by atoms with Gasteiger partial charge in [-0.3, -0.25) is 9.97 Å². The second-order valence-corrected chi connectivity index (χ2v) is 4.39. The van der Waals surface area contributed by atoms with Crippen LogP contribution < -0.4 is 10.6 Å². The van der Waals surface area contributed by atoms with Gasteiger partial charge in [0.2, 0.25) is 0 Å². The molecule has 0 spiro atoms. The minimum Gasteiger partial charge on any atom is -0.383 e. The van der Waals surface area contributed by atoms with E-state index in [0.717, 1.165) is 16.8 Å². The molecule has 2 amide bonds. The van der Waals surface area contributed by atoms with Gasteiger partial charge >= 0.3 is 6.03 Å². The number of hydrogen-bond donors (Lipinski definition) is 2. The van der Waals surface area contributed by atoms with Crippen LogP contribution in [0.25, 0.3) is 11.3 Å². The van der Waals surface area contributed by atoms with Gasteiger partial charge < -0.3 is 15.4 Å². The molecular formula is C15H18N4O2. The normalized spacial score (nSPS) is 10.1. The van der Waals surface area contributed by atoms with Crippen molar-refractivity contribution in [1.29, 1.82) is 0 Å². The standard InChI is InChI=1S/C15H18N4O2/c1-21-9-8-18-15(20)19-11-12-2-7-17-14(10-12)13-3-5-16-6-4-13/h2-7,10H,8-9,11H2,1H3,(H2,18,19,20). The Morgan fingerprint density at radius 2 is 2.00 bits per heavy atom. The Kier molecular flexibility index (Phi) is 5.66. The van der Waals surface area contributed by atoms with Crippen LogP contribution in [0, 0.1) is 0 Å². The number of carbonyl (C=O) groups is 1. The van der Waals surface area contributed by atoms with Crippen LogP contribution in [0.15, 0.2) is 42.9 Å². The van der Waals surface area contributed by atoms with E-state index >= 15 is 0 Å². The van der Waals surface area contributed by atoms with E-state index in [-0.39, 0.29) is 6.03 Å². The molecule has 2 heterocycles. The summed E-state index contributed by atoms with van der Waals surface area (Å²) in [6, 6.07) is 7.41. The highest BCUT2D eigenvalue weighted by atomic mass is 16.5. The van der Waals surface area contributed by atoms with E-state index in [1.165, 1.54) is 0 Å². The first-order valence-corrected chi connectivity index (χ1v) is 6.65. The molecule has 0 aliphatic heterocycles. The van der Waals surface area contributed by atoms with Crippen molar-refractivity contribution in [2.45, 2.75) is 6.54 Å². The van der Waals surface area contributed by atoms with Crippen molar-refractivity contribution >= 4 is 6.03 Å². The number of nitrogens with zero attached hydrogens (tertiary/aromatic N) is 2. The van der Waals surface area contributed by atoms with Gasteiger partial charge in [-0.25, -0.2) is 4.79 Å². The molecule has 6 nitrogen and oxygen atoms in total. The summed E-state index contributed by atoms with van der Waals surface area (Å²) in [5, 5.41) is 5.49. The average molecular weight is 286 g/mol. The molecule has 0 bridgehead atoms. The van der Waals surface area contributed by atoms with Gasteiger partial charge in [-0.15, -0.1) is 0 Å². The summed E-state index contributed by atoms with van der Waals surface area (Å²) in [7, 11) is 1.59. The first-order chi connectivity index (χ1) is 10.3. The van der Waals surface area contributed by atoms with Crippen molar-refractivity contribution in [3.8, 4) is 11.3 Å². The highest BCUT2D eigenvalue weighted by Crippen LogP contribution is 2.16. The Hall–Kier alpha value is -2.47. The van der Waals surface area contributed by atoms with Crippen LogP contribution in [0.3, 0.4) is 0 Å². The van der Waals surface area contributed by atoms with Crippen LogP contribution in [0.1, 0.15) is 5.56 Å². The Labute approximate surface area is 123 Å². The third-order valence-electron chi connectivity index (χ3n) is 2.85. The number of pyridine rings is 2. The SMILES string of the molecule is COCCNC(=O)NCc1ccnc(-c2ccncc2)c1. The molecule has 0 fully saturated rings. The number of rotatable bonds is 6. The van der Waals surface area contributed by atoms with Crippen LogP contribution in [0.2, 0.25) is 0 Å². The molecule has 2 N–H and O–H groups in total. The number of methoxy groups -OCH3 is 1. The summed E-state index contributed by atoms with van der Waals surface area (Å²) >= 11 is 0. The van der Waals surface area contributed by atoms with Gasteiger partial charge in [-0.05, 0) is 29.8 Å². The van der Waals surface area contributed by atoms with Crippen molar-refractivity contribution < 1.29 is 9.53 Å². The summed E-state index contributed by atoms with van der Waals surface area (Å²) in [4.78, 5) is 19.9. The first-order valence-electron chi connectivity index (χ1n) is 6.65. The highest BCUT2D eigenvalue weighted by Gasteiger charge is 2.03. The zero-order valence-corrected chi connectivity index (χ0v) is 11.9. The molecule has 2 aromatic heterocycles. The number of aromatic nitrogens is 2. The predicted molar refractivity (Wildman–Crippen MR) is 79.6 cm³/mol. The van der Waals surface area contributed by atoms with Gasteiger partial charge in [0.25, 0.3) is 0 Å². The Morgan fingerprint density at radius 1 is 1.19 bits per heavy atom. The summed E-state index contributed by atoms with van der Waals surface area (Å²) in [5.41, 5.74) is 2.84. The van der Waals surface area contributed by atoms with Crippen molar-refractivity contribution in [3.63, 3.8) is 0 Å². The van der Waals surface area contributed by atoms with E-state index in [1.54, 1.807) is 25.7 Å². The lowest BCUT2D eigenvalue weighted by atomic mass is 10.1. The minimum atomic E-state index is -0.214. The average Bonchev–Trinajstić information content (AvgIpc) is 2.54. The van der Waals surface area contributed by atoms with Crippen molar-refractivity contribution in [3.05, 3.63) is 48.4 Å². The van der Waals surface area contributed by atoms with Gasteiger partial charge in [-0.2, -0.15) is 0 Å². The van der Waals surface area contributed by atoms with Crippen LogP contribution in [-0.4, -0.2) is 36.3 Å². The van der Waals surface area contributed by atoms with E-state index < -0.39 is 0 Å². The maximum absolute atomic E-state index is 11.5. The van der Waals surface area contributed by atoms with Gasteiger partial charge in [0.15, 0.2) is 0 Å². The number of carbonyl (C=O) groups excluding carboxylic acids is 1. The lowest BCUT2D eigenvalue weighted by molar-refractivity contribution is 0.196. The first kappa shape index (κ1) is 14.9. The lowest BCUT2D eigenvalue weighted by Crippen LogP contribution is -2.36. The topological polar surface area (TPSA) is 76.1 Å². The summed E-state index contributed by atoms with van der Waals surface area (Å²) in [6.07, 6.45) is 5.19. The fourth-order valence-corrected chi connectivity index (χ4v) is 1.78. The molecule has 0 unspecified atom stereocenters.